The summed E-state index contributed by atoms with van der Waals surface area (Å²) in [5.74, 6) is -1.28. The summed E-state index contributed by atoms with van der Waals surface area (Å²) >= 11 is 0. The van der Waals surface area contributed by atoms with Gasteiger partial charge in [0.05, 0.1) is 6.04 Å². The molecule has 1 aromatic carbocycles. The standard InChI is InChI=1S/C15H20N2O3/c16-12(9-6-10-4-2-1-3-5-10)14(18)17-13(15(19)20)11-7-8-11/h1-5,11-13H,6-9,16H2,(H,17,18)(H,19,20). The molecule has 5 nitrogen and oxygen atoms in total. The Bertz CT molecular complexity index is 471. The number of nitrogens with two attached hydrogens (primary N) is 1. The van der Waals surface area contributed by atoms with Crippen molar-refractivity contribution in [3.8, 4) is 0 Å². The van der Waals surface area contributed by atoms with E-state index in [-0.39, 0.29) is 11.8 Å². The number of rotatable bonds is 7. The summed E-state index contributed by atoms with van der Waals surface area (Å²) in [7, 11) is 0. The molecule has 1 aromatic rings. The molecule has 0 saturated heterocycles. The fraction of sp³-hybridized carbons (Fsp3) is 0.467. The number of carbonyl (C=O) groups is 2. The molecule has 1 fully saturated rings. The van der Waals surface area contributed by atoms with Gasteiger partial charge in [0.1, 0.15) is 6.04 Å². The van der Waals surface area contributed by atoms with E-state index in [2.05, 4.69) is 5.32 Å². The van der Waals surface area contributed by atoms with E-state index in [1.54, 1.807) is 0 Å². The maximum Gasteiger partial charge on any atom is 0.326 e. The van der Waals surface area contributed by atoms with Gasteiger partial charge in [0.25, 0.3) is 0 Å². The van der Waals surface area contributed by atoms with Crippen LogP contribution in [0.5, 0.6) is 0 Å². The molecule has 108 valence electrons. The highest BCUT2D eigenvalue weighted by atomic mass is 16.4. The van der Waals surface area contributed by atoms with Crippen LogP contribution in [0.15, 0.2) is 30.3 Å². The highest BCUT2D eigenvalue weighted by Gasteiger charge is 2.37. The van der Waals surface area contributed by atoms with Crippen LogP contribution >= 0.6 is 0 Å². The zero-order valence-electron chi connectivity index (χ0n) is 11.3. The Labute approximate surface area is 118 Å². The summed E-state index contributed by atoms with van der Waals surface area (Å²) in [6.07, 6.45) is 2.93. The Balaban J connectivity index is 1.81. The van der Waals surface area contributed by atoms with Gasteiger partial charge >= 0.3 is 5.97 Å². The van der Waals surface area contributed by atoms with E-state index >= 15 is 0 Å². The highest BCUT2D eigenvalue weighted by molar-refractivity contribution is 5.87. The maximum atomic E-state index is 11.9. The van der Waals surface area contributed by atoms with Crippen molar-refractivity contribution >= 4 is 11.9 Å². The summed E-state index contributed by atoms with van der Waals surface area (Å²) in [6.45, 7) is 0. The molecule has 20 heavy (non-hydrogen) atoms. The molecule has 2 unspecified atom stereocenters. The van der Waals surface area contributed by atoms with Gasteiger partial charge in [0, 0.05) is 0 Å². The lowest BCUT2D eigenvalue weighted by atomic mass is 10.0. The molecule has 0 radical (unpaired) electrons. The van der Waals surface area contributed by atoms with Crippen LogP contribution in [-0.2, 0) is 16.0 Å². The molecule has 5 heteroatoms. The van der Waals surface area contributed by atoms with E-state index in [1.807, 2.05) is 30.3 Å². The number of hydrogen-bond donors (Lipinski definition) is 3. The summed E-state index contributed by atoms with van der Waals surface area (Å²) in [5.41, 5.74) is 6.95. The van der Waals surface area contributed by atoms with Gasteiger partial charge in [-0.1, -0.05) is 30.3 Å². The molecule has 0 spiro atoms. The third-order valence-corrected chi connectivity index (χ3v) is 3.58. The summed E-state index contributed by atoms with van der Waals surface area (Å²) in [4.78, 5) is 23.0. The first-order valence-electron chi connectivity index (χ1n) is 6.90. The number of hydrogen-bond acceptors (Lipinski definition) is 3. The quantitative estimate of drug-likeness (QED) is 0.690. The van der Waals surface area contributed by atoms with Gasteiger partial charge in [-0.25, -0.2) is 4.79 Å². The zero-order valence-corrected chi connectivity index (χ0v) is 11.3. The fourth-order valence-corrected chi connectivity index (χ4v) is 2.17. The van der Waals surface area contributed by atoms with Crippen molar-refractivity contribution in [1.82, 2.24) is 5.32 Å². The van der Waals surface area contributed by atoms with E-state index in [9.17, 15) is 9.59 Å². The molecule has 1 aliphatic rings. The lowest BCUT2D eigenvalue weighted by Crippen LogP contribution is -2.49. The summed E-state index contributed by atoms with van der Waals surface area (Å²) < 4.78 is 0. The Kier molecular flexibility index (Phi) is 4.74. The van der Waals surface area contributed by atoms with Crippen LogP contribution in [0, 0.1) is 5.92 Å². The first-order valence-corrected chi connectivity index (χ1v) is 6.90. The maximum absolute atomic E-state index is 11.9. The van der Waals surface area contributed by atoms with Crippen molar-refractivity contribution in [2.45, 2.75) is 37.8 Å². The van der Waals surface area contributed by atoms with Crippen molar-refractivity contribution < 1.29 is 14.7 Å². The first-order chi connectivity index (χ1) is 9.58. The van der Waals surface area contributed by atoms with Crippen LogP contribution in [-0.4, -0.2) is 29.1 Å². The van der Waals surface area contributed by atoms with E-state index in [4.69, 9.17) is 10.8 Å². The minimum absolute atomic E-state index is 0.0674. The predicted molar refractivity (Wildman–Crippen MR) is 75.0 cm³/mol. The normalized spacial score (nSPS) is 17.2. The van der Waals surface area contributed by atoms with Crippen molar-refractivity contribution in [3.63, 3.8) is 0 Å². The summed E-state index contributed by atoms with van der Waals surface area (Å²) in [5, 5.41) is 11.6. The topological polar surface area (TPSA) is 92.4 Å². The number of carboxylic acids is 1. The van der Waals surface area contributed by atoms with Gasteiger partial charge in [0.2, 0.25) is 5.91 Å². The van der Waals surface area contributed by atoms with Crippen LogP contribution < -0.4 is 11.1 Å². The minimum atomic E-state index is -0.976. The molecule has 1 amide bonds. The second kappa shape index (κ2) is 6.52. The average molecular weight is 276 g/mol. The van der Waals surface area contributed by atoms with Gasteiger partial charge in [0.15, 0.2) is 0 Å². The zero-order chi connectivity index (χ0) is 14.5. The molecular weight excluding hydrogens is 256 g/mol. The molecule has 0 aromatic heterocycles. The van der Waals surface area contributed by atoms with E-state index in [1.165, 1.54) is 0 Å². The van der Waals surface area contributed by atoms with Crippen LogP contribution in [0.1, 0.15) is 24.8 Å². The van der Waals surface area contributed by atoms with E-state index in [0.29, 0.717) is 12.8 Å². The minimum Gasteiger partial charge on any atom is -0.480 e. The molecule has 0 heterocycles. The first kappa shape index (κ1) is 14.5. The third kappa shape index (κ3) is 4.06. The number of nitrogens with one attached hydrogen (secondary N) is 1. The van der Waals surface area contributed by atoms with Gasteiger partial charge in [-0.05, 0) is 37.2 Å². The smallest absolute Gasteiger partial charge is 0.326 e. The van der Waals surface area contributed by atoms with Gasteiger partial charge in [-0.3, -0.25) is 4.79 Å². The molecule has 0 bridgehead atoms. The molecule has 2 atom stereocenters. The predicted octanol–water partition coefficient (Wildman–Crippen LogP) is 0.926. The molecule has 2 rings (SSSR count). The third-order valence-electron chi connectivity index (χ3n) is 3.58. The van der Waals surface area contributed by atoms with Crippen LogP contribution in [0.2, 0.25) is 0 Å². The molecule has 1 aliphatic carbocycles. The van der Waals surface area contributed by atoms with Crippen molar-refractivity contribution in [3.05, 3.63) is 35.9 Å². The van der Waals surface area contributed by atoms with Gasteiger partial charge in [-0.15, -0.1) is 0 Å². The molecule has 0 aliphatic heterocycles. The van der Waals surface area contributed by atoms with Crippen molar-refractivity contribution in [1.29, 1.82) is 0 Å². The Morgan fingerprint density at radius 1 is 1.30 bits per heavy atom. The second-order valence-electron chi connectivity index (χ2n) is 5.29. The largest absolute Gasteiger partial charge is 0.480 e. The average Bonchev–Trinajstić information content (AvgIpc) is 3.27. The SMILES string of the molecule is NC(CCc1ccccc1)C(=O)NC(C(=O)O)C1CC1. The van der Waals surface area contributed by atoms with Crippen LogP contribution in [0.25, 0.3) is 0 Å². The monoisotopic (exact) mass is 276 g/mol. The fourth-order valence-electron chi connectivity index (χ4n) is 2.17. The number of carbonyl (C=O) groups excluding carboxylic acids is 1. The number of carboxylic acid groups (broad SMARTS) is 1. The lowest BCUT2D eigenvalue weighted by molar-refractivity contribution is -0.142. The van der Waals surface area contributed by atoms with E-state index < -0.39 is 18.1 Å². The Morgan fingerprint density at radius 3 is 2.50 bits per heavy atom. The second-order valence-corrected chi connectivity index (χ2v) is 5.29. The Hall–Kier alpha value is -1.88. The molecule has 4 N–H and O–H groups in total. The van der Waals surface area contributed by atoms with Gasteiger partial charge in [-0.2, -0.15) is 0 Å². The molecular formula is C15H20N2O3. The number of amides is 1. The van der Waals surface area contributed by atoms with Crippen molar-refractivity contribution in [2.75, 3.05) is 0 Å². The van der Waals surface area contributed by atoms with E-state index in [0.717, 1.165) is 18.4 Å². The van der Waals surface area contributed by atoms with Gasteiger partial charge < -0.3 is 16.2 Å². The molecule has 1 saturated carbocycles. The van der Waals surface area contributed by atoms with Crippen LogP contribution in [0.3, 0.4) is 0 Å². The number of aryl methyl sites for hydroxylation is 1. The Morgan fingerprint density at radius 2 is 1.95 bits per heavy atom. The van der Waals surface area contributed by atoms with Crippen molar-refractivity contribution in [2.24, 2.45) is 11.7 Å². The highest BCUT2D eigenvalue weighted by Crippen LogP contribution is 2.32. The lowest BCUT2D eigenvalue weighted by Gasteiger charge is -2.17. The van der Waals surface area contributed by atoms with Crippen LogP contribution in [0.4, 0.5) is 0 Å². The number of benzene rings is 1. The number of aliphatic carboxylic acids is 1. The summed E-state index contributed by atoms with van der Waals surface area (Å²) in [6, 6.07) is 8.32.